The molecule has 0 aromatic heterocycles. The van der Waals surface area contributed by atoms with Gasteiger partial charge in [-0.2, -0.15) is 0 Å². The van der Waals surface area contributed by atoms with Crippen molar-refractivity contribution in [3.63, 3.8) is 0 Å². The van der Waals surface area contributed by atoms with Gasteiger partial charge in [0.15, 0.2) is 0 Å². The van der Waals surface area contributed by atoms with E-state index in [9.17, 15) is 4.79 Å². The fraction of sp³-hybridized carbons (Fsp3) is 0.889. The molecule has 0 aromatic carbocycles. The van der Waals surface area contributed by atoms with Gasteiger partial charge in [0, 0.05) is 13.2 Å². The van der Waals surface area contributed by atoms with Gasteiger partial charge in [0.05, 0.1) is 6.61 Å². The average molecular weight is 207 g/mol. The van der Waals surface area contributed by atoms with Crippen molar-refractivity contribution in [2.24, 2.45) is 5.73 Å². The van der Waals surface area contributed by atoms with E-state index in [0.29, 0.717) is 6.61 Å². The molecule has 14 heavy (non-hydrogen) atoms. The molecule has 0 bridgehead atoms. The predicted molar refractivity (Wildman–Crippen MR) is 53.8 cm³/mol. The quantitative estimate of drug-likeness (QED) is 0.557. The molecular formula is C9H21NO4. The minimum absolute atomic E-state index is 0.283. The van der Waals surface area contributed by atoms with Crippen LogP contribution in [0.4, 0.5) is 4.79 Å². The van der Waals surface area contributed by atoms with Crippen LogP contribution in [-0.4, -0.2) is 36.1 Å². The zero-order valence-electron chi connectivity index (χ0n) is 8.74. The summed E-state index contributed by atoms with van der Waals surface area (Å²) in [6.07, 6.45) is 3.12. The SMILES string of the molecule is CCOC(N)=O.OCCCCCCO. The Balaban J connectivity index is 0. The first-order valence-corrected chi connectivity index (χ1v) is 4.83. The highest BCUT2D eigenvalue weighted by Gasteiger charge is 1.84. The second kappa shape index (κ2) is 14.7. The summed E-state index contributed by atoms with van der Waals surface area (Å²) in [4.78, 5) is 9.60. The van der Waals surface area contributed by atoms with Gasteiger partial charge in [0.2, 0.25) is 0 Å². The number of unbranched alkanes of at least 4 members (excludes halogenated alkanes) is 3. The fourth-order valence-electron chi connectivity index (χ4n) is 0.719. The molecule has 0 spiro atoms. The third kappa shape index (κ3) is 22.5. The van der Waals surface area contributed by atoms with E-state index in [-0.39, 0.29) is 13.2 Å². The van der Waals surface area contributed by atoms with E-state index < -0.39 is 6.09 Å². The fourth-order valence-corrected chi connectivity index (χ4v) is 0.719. The van der Waals surface area contributed by atoms with Gasteiger partial charge < -0.3 is 20.7 Å². The molecule has 86 valence electrons. The van der Waals surface area contributed by atoms with Gasteiger partial charge in [0.25, 0.3) is 0 Å². The molecule has 0 aliphatic heterocycles. The van der Waals surface area contributed by atoms with E-state index in [2.05, 4.69) is 10.5 Å². The zero-order chi connectivity index (χ0) is 11.2. The first-order valence-electron chi connectivity index (χ1n) is 4.83. The summed E-state index contributed by atoms with van der Waals surface area (Å²) in [5.41, 5.74) is 4.54. The Morgan fingerprint density at radius 1 is 1.14 bits per heavy atom. The molecule has 5 heteroatoms. The number of hydrogen-bond donors (Lipinski definition) is 3. The van der Waals surface area contributed by atoms with E-state index in [1.807, 2.05) is 0 Å². The molecule has 0 heterocycles. The molecule has 0 radical (unpaired) electrons. The van der Waals surface area contributed by atoms with Crippen LogP contribution >= 0.6 is 0 Å². The van der Waals surface area contributed by atoms with Crippen molar-refractivity contribution in [2.45, 2.75) is 32.6 Å². The molecule has 0 atom stereocenters. The van der Waals surface area contributed by atoms with E-state index in [0.717, 1.165) is 25.7 Å². The average Bonchev–Trinajstić information content (AvgIpc) is 2.13. The second-order valence-electron chi connectivity index (χ2n) is 2.61. The highest BCUT2D eigenvalue weighted by Crippen LogP contribution is 1.96. The van der Waals surface area contributed by atoms with Gasteiger partial charge in [-0.05, 0) is 19.8 Å². The first-order chi connectivity index (χ1) is 6.68. The van der Waals surface area contributed by atoms with Crippen molar-refractivity contribution >= 4 is 6.09 Å². The smallest absolute Gasteiger partial charge is 0.404 e. The maximum atomic E-state index is 9.60. The third-order valence-corrected chi connectivity index (χ3v) is 1.35. The Kier molecular flexibility index (Phi) is 16.4. The topological polar surface area (TPSA) is 92.8 Å². The van der Waals surface area contributed by atoms with E-state index in [4.69, 9.17) is 10.2 Å². The molecule has 1 amide bonds. The predicted octanol–water partition coefficient (Wildman–Crippen LogP) is 0.633. The third-order valence-electron chi connectivity index (χ3n) is 1.35. The van der Waals surface area contributed by atoms with E-state index in [1.54, 1.807) is 6.92 Å². The molecule has 0 saturated heterocycles. The van der Waals surface area contributed by atoms with Gasteiger partial charge in [-0.3, -0.25) is 0 Å². The van der Waals surface area contributed by atoms with Gasteiger partial charge in [-0.25, -0.2) is 4.79 Å². The highest BCUT2D eigenvalue weighted by atomic mass is 16.5. The lowest BCUT2D eigenvalue weighted by Crippen LogP contribution is -2.11. The molecule has 0 aliphatic rings. The van der Waals surface area contributed by atoms with Crippen molar-refractivity contribution in [1.82, 2.24) is 0 Å². The van der Waals surface area contributed by atoms with Crippen LogP contribution in [0, 0.1) is 0 Å². The number of hydrogen-bond acceptors (Lipinski definition) is 4. The van der Waals surface area contributed by atoms with Crippen LogP contribution in [0.5, 0.6) is 0 Å². The summed E-state index contributed by atoms with van der Waals surface area (Å²) < 4.78 is 4.18. The number of aliphatic hydroxyl groups excluding tert-OH is 2. The van der Waals surface area contributed by atoms with Gasteiger partial charge in [0.1, 0.15) is 0 Å². The highest BCUT2D eigenvalue weighted by molar-refractivity contribution is 5.64. The number of carbonyl (C=O) groups excluding carboxylic acids is 1. The lowest BCUT2D eigenvalue weighted by Gasteiger charge is -1.93. The maximum absolute atomic E-state index is 9.60. The summed E-state index contributed by atoms with van der Waals surface area (Å²) in [5, 5.41) is 16.6. The standard InChI is InChI=1S/C6H14O2.C3H7NO2/c7-5-3-1-2-4-6-8;1-2-6-3(4)5/h7-8H,1-6H2;2H2,1H3,(H2,4,5). The van der Waals surface area contributed by atoms with Gasteiger partial charge >= 0.3 is 6.09 Å². The van der Waals surface area contributed by atoms with Crippen LogP contribution in [0.3, 0.4) is 0 Å². The Morgan fingerprint density at radius 3 is 1.71 bits per heavy atom. The number of primary amides is 1. The summed E-state index contributed by atoms with van der Waals surface area (Å²) in [6.45, 7) is 2.62. The lowest BCUT2D eigenvalue weighted by molar-refractivity contribution is 0.163. The minimum Gasteiger partial charge on any atom is -0.450 e. The summed E-state index contributed by atoms with van der Waals surface area (Å²) in [5.74, 6) is 0. The lowest BCUT2D eigenvalue weighted by atomic mass is 10.2. The minimum atomic E-state index is -0.711. The molecule has 0 saturated carbocycles. The Hall–Kier alpha value is -0.810. The zero-order valence-corrected chi connectivity index (χ0v) is 8.74. The van der Waals surface area contributed by atoms with Crippen molar-refractivity contribution in [3.8, 4) is 0 Å². The van der Waals surface area contributed by atoms with Crippen molar-refractivity contribution in [3.05, 3.63) is 0 Å². The molecule has 0 unspecified atom stereocenters. The maximum Gasteiger partial charge on any atom is 0.404 e. The van der Waals surface area contributed by atoms with Crippen LogP contribution in [0.2, 0.25) is 0 Å². The van der Waals surface area contributed by atoms with Crippen LogP contribution in [0.25, 0.3) is 0 Å². The molecule has 0 fully saturated rings. The van der Waals surface area contributed by atoms with Crippen LogP contribution in [0.15, 0.2) is 0 Å². The summed E-state index contributed by atoms with van der Waals surface area (Å²) >= 11 is 0. The van der Waals surface area contributed by atoms with Crippen LogP contribution < -0.4 is 5.73 Å². The van der Waals surface area contributed by atoms with Crippen molar-refractivity contribution in [1.29, 1.82) is 0 Å². The molecule has 5 nitrogen and oxygen atoms in total. The number of rotatable bonds is 6. The van der Waals surface area contributed by atoms with Crippen LogP contribution in [0.1, 0.15) is 32.6 Å². The Labute approximate surface area is 84.9 Å². The Morgan fingerprint density at radius 2 is 1.57 bits per heavy atom. The number of carbonyl (C=O) groups is 1. The normalized spacial score (nSPS) is 8.79. The number of aliphatic hydroxyl groups is 2. The molecular weight excluding hydrogens is 186 g/mol. The molecule has 4 N–H and O–H groups in total. The largest absolute Gasteiger partial charge is 0.450 e. The molecule has 0 aromatic rings. The number of nitrogens with two attached hydrogens (primary N) is 1. The monoisotopic (exact) mass is 207 g/mol. The van der Waals surface area contributed by atoms with E-state index in [1.165, 1.54) is 0 Å². The van der Waals surface area contributed by atoms with E-state index >= 15 is 0 Å². The molecule has 0 aliphatic carbocycles. The number of ether oxygens (including phenoxy) is 1. The summed E-state index contributed by atoms with van der Waals surface area (Å²) in [6, 6.07) is 0. The van der Waals surface area contributed by atoms with Crippen molar-refractivity contribution < 1.29 is 19.7 Å². The van der Waals surface area contributed by atoms with Crippen LogP contribution in [-0.2, 0) is 4.74 Å². The van der Waals surface area contributed by atoms with Gasteiger partial charge in [-0.15, -0.1) is 0 Å². The summed E-state index contributed by atoms with van der Waals surface area (Å²) in [7, 11) is 0. The van der Waals surface area contributed by atoms with Gasteiger partial charge in [-0.1, -0.05) is 12.8 Å². The van der Waals surface area contributed by atoms with Crippen molar-refractivity contribution in [2.75, 3.05) is 19.8 Å². The Bertz CT molecular complexity index is 113. The second-order valence-corrected chi connectivity index (χ2v) is 2.61. The molecule has 0 rings (SSSR count). The number of amides is 1. The first kappa shape index (κ1) is 15.7.